The van der Waals surface area contributed by atoms with Gasteiger partial charge in [0, 0.05) is 37.2 Å². The first-order valence-corrected chi connectivity index (χ1v) is 8.23. The van der Waals surface area contributed by atoms with Gasteiger partial charge in [-0.1, -0.05) is 6.07 Å². The van der Waals surface area contributed by atoms with Crippen molar-refractivity contribution in [3.63, 3.8) is 0 Å². The number of carbonyl (C=O) groups excluding carboxylic acids is 2. The van der Waals surface area contributed by atoms with Crippen LogP contribution in [0.25, 0.3) is 5.65 Å². The van der Waals surface area contributed by atoms with E-state index in [0.717, 1.165) is 17.7 Å². The molecule has 26 heavy (non-hydrogen) atoms. The van der Waals surface area contributed by atoms with Crippen molar-refractivity contribution in [3.05, 3.63) is 70.3 Å². The van der Waals surface area contributed by atoms with Gasteiger partial charge in [-0.05, 0) is 42.3 Å². The molecule has 0 aliphatic carbocycles. The molecule has 3 aromatic rings. The van der Waals surface area contributed by atoms with Crippen molar-refractivity contribution in [2.45, 2.75) is 13.3 Å². The fourth-order valence-corrected chi connectivity index (χ4v) is 3.19. The van der Waals surface area contributed by atoms with Crippen LogP contribution in [0.15, 0.2) is 53.6 Å². The Morgan fingerprint density at radius 1 is 1.19 bits per heavy atom. The predicted octanol–water partition coefficient (Wildman–Crippen LogP) is 1.86. The molecule has 0 spiro atoms. The number of amides is 2. The fourth-order valence-electron chi connectivity index (χ4n) is 3.19. The summed E-state index contributed by atoms with van der Waals surface area (Å²) in [6.07, 6.45) is 3.60. The first kappa shape index (κ1) is 16.0. The molecule has 0 radical (unpaired) electrons. The quantitative estimate of drug-likeness (QED) is 0.766. The average Bonchev–Trinajstić information content (AvgIpc) is 3.05. The molecule has 0 atom stereocenters. The number of hydrogen-bond acceptors (Lipinski definition) is 4. The lowest BCUT2D eigenvalue weighted by molar-refractivity contribution is -0.116. The van der Waals surface area contributed by atoms with Crippen molar-refractivity contribution in [2.75, 3.05) is 16.8 Å². The Morgan fingerprint density at radius 2 is 2.04 bits per heavy atom. The Labute approximate surface area is 148 Å². The van der Waals surface area contributed by atoms with Gasteiger partial charge in [0.15, 0.2) is 0 Å². The molecule has 0 saturated carbocycles. The van der Waals surface area contributed by atoms with Gasteiger partial charge in [0.05, 0.1) is 0 Å². The Hall–Kier alpha value is -3.48. The molecule has 130 valence electrons. The third-order valence-electron chi connectivity index (χ3n) is 4.47. The number of benzene rings is 1. The van der Waals surface area contributed by atoms with E-state index in [9.17, 15) is 14.4 Å². The number of hydrogen-bond donors (Lipinski definition) is 1. The van der Waals surface area contributed by atoms with Crippen LogP contribution in [0, 0.1) is 0 Å². The van der Waals surface area contributed by atoms with Crippen LogP contribution in [0.1, 0.15) is 22.8 Å². The van der Waals surface area contributed by atoms with E-state index in [1.54, 1.807) is 35.4 Å². The minimum Gasteiger partial charge on any atom is -0.322 e. The van der Waals surface area contributed by atoms with Crippen LogP contribution in [-0.2, 0) is 11.2 Å². The molecule has 1 aromatic carbocycles. The number of aromatic nitrogens is 2. The zero-order valence-electron chi connectivity index (χ0n) is 14.1. The van der Waals surface area contributed by atoms with Crippen LogP contribution < -0.4 is 15.8 Å². The third-order valence-corrected chi connectivity index (χ3v) is 4.47. The van der Waals surface area contributed by atoms with Crippen molar-refractivity contribution in [1.82, 2.24) is 9.38 Å². The van der Waals surface area contributed by atoms with E-state index in [4.69, 9.17) is 0 Å². The van der Waals surface area contributed by atoms with Gasteiger partial charge in [-0.3, -0.25) is 18.8 Å². The van der Waals surface area contributed by atoms with Gasteiger partial charge in [0.2, 0.25) is 5.91 Å². The molecule has 7 nitrogen and oxygen atoms in total. The highest BCUT2D eigenvalue weighted by Crippen LogP contribution is 2.30. The molecule has 2 aromatic heterocycles. The monoisotopic (exact) mass is 348 g/mol. The maximum Gasteiger partial charge on any atom is 0.270 e. The maximum absolute atomic E-state index is 12.5. The van der Waals surface area contributed by atoms with Gasteiger partial charge in [-0.25, -0.2) is 4.98 Å². The number of fused-ring (bicyclic) bond motifs is 2. The number of nitrogens with zero attached hydrogens (tertiary/aromatic N) is 3. The molecule has 1 N–H and O–H groups in total. The molecule has 0 unspecified atom stereocenters. The van der Waals surface area contributed by atoms with Gasteiger partial charge < -0.3 is 10.2 Å². The average molecular weight is 348 g/mol. The van der Waals surface area contributed by atoms with Crippen molar-refractivity contribution in [2.24, 2.45) is 0 Å². The number of anilines is 2. The molecule has 1 aliphatic heterocycles. The largest absolute Gasteiger partial charge is 0.322 e. The standard InChI is InChI=1S/C19H16N4O3/c1-12(24)22-9-7-13-10-14(5-6-16(13)22)21-18(25)15-11-20-17-4-2-3-8-23(17)19(15)26/h2-6,8,10-11H,7,9H2,1H3,(H,21,25). The number of nitrogens with one attached hydrogen (secondary N) is 1. The zero-order chi connectivity index (χ0) is 18.3. The third kappa shape index (κ3) is 2.63. The smallest absolute Gasteiger partial charge is 0.270 e. The van der Waals surface area contributed by atoms with Crippen LogP contribution in [0.4, 0.5) is 11.4 Å². The van der Waals surface area contributed by atoms with E-state index >= 15 is 0 Å². The second-order valence-corrected chi connectivity index (χ2v) is 6.12. The van der Waals surface area contributed by atoms with E-state index in [-0.39, 0.29) is 11.5 Å². The summed E-state index contributed by atoms with van der Waals surface area (Å²) in [7, 11) is 0. The van der Waals surface area contributed by atoms with E-state index in [1.807, 2.05) is 12.1 Å². The SMILES string of the molecule is CC(=O)N1CCc2cc(NC(=O)c3cnc4ccccn4c3=O)ccc21. The van der Waals surface area contributed by atoms with Crippen LogP contribution in [0.3, 0.4) is 0 Å². The van der Waals surface area contributed by atoms with Gasteiger partial charge >= 0.3 is 0 Å². The molecular weight excluding hydrogens is 332 g/mol. The first-order chi connectivity index (χ1) is 12.5. The second kappa shape index (κ2) is 6.11. The highest BCUT2D eigenvalue weighted by molar-refractivity contribution is 6.04. The van der Waals surface area contributed by atoms with Gasteiger partial charge in [-0.15, -0.1) is 0 Å². The molecule has 0 fully saturated rings. The summed E-state index contributed by atoms with van der Waals surface area (Å²) >= 11 is 0. The highest BCUT2D eigenvalue weighted by atomic mass is 16.2. The van der Waals surface area contributed by atoms with Crippen molar-refractivity contribution >= 4 is 28.8 Å². The Kier molecular flexibility index (Phi) is 3.76. The van der Waals surface area contributed by atoms with Crippen molar-refractivity contribution in [3.8, 4) is 0 Å². The van der Waals surface area contributed by atoms with E-state index < -0.39 is 11.5 Å². The Balaban J connectivity index is 1.63. The molecular formula is C19H16N4O3. The van der Waals surface area contributed by atoms with Crippen LogP contribution in [0.2, 0.25) is 0 Å². The predicted molar refractivity (Wildman–Crippen MR) is 97.6 cm³/mol. The minimum atomic E-state index is -0.512. The number of carbonyl (C=O) groups is 2. The summed E-state index contributed by atoms with van der Waals surface area (Å²) in [5.74, 6) is -0.516. The highest BCUT2D eigenvalue weighted by Gasteiger charge is 2.22. The second-order valence-electron chi connectivity index (χ2n) is 6.12. The van der Waals surface area contributed by atoms with Crippen LogP contribution >= 0.6 is 0 Å². The maximum atomic E-state index is 12.5. The summed E-state index contributed by atoms with van der Waals surface area (Å²) in [5, 5.41) is 2.74. The molecule has 7 heteroatoms. The minimum absolute atomic E-state index is 0.00389. The lowest BCUT2D eigenvalue weighted by Crippen LogP contribution is -2.26. The molecule has 3 heterocycles. The molecule has 0 bridgehead atoms. The summed E-state index contributed by atoms with van der Waals surface area (Å²) < 4.78 is 1.34. The number of pyridine rings is 1. The summed E-state index contributed by atoms with van der Waals surface area (Å²) in [4.78, 5) is 42.5. The number of rotatable bonds is 2. The first-order valence-electron chi connectivity index (χ1n) is 8.23. The molecule has 0 saturated heterocycles. The molecule has 1 aliphatic rings. The summed E-state index contributed by atoms with van der Waals surface area (Å²) in [6.45, 7) is 2.17. The topological polar surface area (TPSA) is 83.8 Å². The molecule has 4 rings (SSSR count). The van der Waals surface area contributed by atoms with Crippen molar-refractivity contribution in [1.29, 1.82) is 0 Å². The lowest BCUT2D eigenvalue weighted by Gasteiger charge is -2.15. The van der Waals surface area contributed by atoms with Crippen LogP contribution in [0.5, 0.6) is 0 Å². The Bertz CT molecular complexity index is 1100. The fraction of sp³-hybridized carbons (Fsp3) is 0.158. The van der Waals surface area contributed by atoms with Gasteiger partial charge in [0.25, 0.3) is 11.5 Å². The molecule has 2 amide bonds. The normalized spacial score (nSPS) is 12.9. The zero-order valence-corrected chi connectivity index (χ0v) is 14.1. The van der Waals surface area contributed by atoms with E-state index in [1.165, 1.54) is 17.5 Å². The summed E-state index contributed by atoms with van der Waals surface area (Å²) in [5.41, 5.74) is 2.47. The van der Waals surface area contributed by atoms with Crippen LogP contribution in [-0.4, -0.2) is 27.7 Å². The van der Waals surface area contributed by atoms with Gasteiger partial charge in [-0.2, -0.15) is 0 Å². The lowest BCUT2D eigenvalue weighted by atomic mass is 10.1. The van der Waals surface area contributed by atoms with Crippen molar-refractivity contribution < 1.29 is 9.59 Å². The van der Waals surface area contributed by atoms with E-state index in [0.29, 0.717) is 17.9 Å². The summed E-state index contributed by atoms with van der Waals surface area (Å²) in [6, 6.07) is 10.6. The van der Waals surface area contributed by atoms with E-state index in [2.05, 4.69) is 10.3 Å². The van der Waals surface area contributed by atoms with Gasteiger partial charge in [0.1, 0.15) is 11.2 Å². The Morgan fingerprint density at radius 3 is 2.85 bits per heavy atom.